The predicted octanol–water partition coefficient (Wildman–Crippen LogP) is 1.94. The quantitative estimate of drug-likeness (QED) is 0.825. The summed E-state index contributed by atoms with van der Waals surface area (Å²) in [5, 5.41) is 9.30. The third-order valence-corrected chi connectivity index (χ3v) is 2.99. The van der Waals surface area contributed by atoms with E-state index in [2.05, 4.69) is 0 Å². The Hall–Kier alpha value is -1.22. The van der Waals surface area contributed by atoms with E-state index in [4.69, 9.17) is 9.47 Å². The monoisotopic (exact) mass is 208 g/mol. The molecule has 82 valence electrons. The molecule has 0 amide bonds. The number of benzene rings is 1. The van der Waals surface area contributed by atoms with Gasteiger partial charge in [-0.2, -0.15) is 0 Å². The van der Waals surface area contributed by atoms with Crippen molar-refractivity contribution in [2.45, 2.75) is 24.9 Å². The van der Waals surface area contributed by atoms with Crippen LogP contribution in [-0.2, 0) is 0 Å². The molecule has 2 rings (SSSR count). The highest BCUT2D eigenvalue weighted by molar-refractivity contribution is 5.43. The Bertz CT molecular complexity index is 343. The number of ether oxygens (including phenoxy) is 2. The molecule has 0 heterocycles. The van der Waals surface area contributed by atoms with Crippen LogP contribution in [0.25, 0.3) is 0 Å². The molecule has 0 aromatic heterocycles. The first-order valence-corrected chi connectivity index (χ1v) is 5.14. The second kappa shape index (κ2) is 4.11. The van der Waals surface area contributed by atoms with E-state index in [9.17, 15) is 5.11 Å². The lowest BCUT2D eigenvalue weighted by atomic mass is 9.77. The number of aliphatic hydroxyl groups is 1. The molecule has 15 heavy (non-hydrogen) atoms. The van der Waals surface area contributed by atoms with Gasteiger partial charge in [0.05, 0.1) is 20.3 Å². The maximum atomic E-state index is 9.30. The average molecular weight is 208 g/mol. The molecule has 1 fully saturated rings. The lowest BCUT2D eigenvalue weighted by Crippen LogP contribution is -2.26. The van der Waals surface area contributed by atoms with Gasteiger partial charge in [-0.3, -0.25) is 0 Å². The van der Waals surface area contributed by atoms with Crippen molar-refractivity contribution in [3.8, 4) is 11.5 Å². The first kappa shape index (κ1) is 10.3. The van der Waals surface area contributed by atoms with Crippen molar-refractivity contribution in [2.24, 2.45) is 0 Å². The number of hydrogen-bond donors (Lipinski definition) is 1. The zero-order valence-corrected chi connectivity index (χ0v) is 9.06. The SMILES string of the molecule is COc1ccc(OC)c(C2CC(O)C2)c1. The molecule has 0 saturated heterocycles. The van der Waals surface area contributed by atoms with Gasteiger partial charge in [-0.05, 0) is 37.0 Å². The van der Waals surface area contributed by atoms with Gasteiger partial charge in [0.25, 0.3) is 0 Å². The van der Waals surface area contributed by atoms with Gasteiger partial charge >= 0.3 is 0 Å². The van der Waals surface area contributed by atoms with Gasteiger partial charge in [0.2, 0.25) is 0 Å². The van der Waals surface area contributed by atoms with Crippen LogP contribution < -0.4 is 9.47 Å². The van der Waals surface area contributed by atoms with Crippen LogP contribution in [0.4, 0.5) is 0 Å². The molecule has 0 atom stereocenters. The molecule has 0 bridgehead atoms. The zero-order chi connectivity index (χ0) is 10.8. The number of methoxy groups -OCH3 is 2. The average Bonchev–Trinajstić information content (AvgIpc) is 2.24. The summed E-state index contributed by atoms with van der Waals surface area (Å²) >= 11 is 0. The summed E-state index contributed by atoms with van der Waals surface area (Å²) in [5.74, 6) is 2.13. The zero-order valence-electron chi connectivity index (χ0n) is 9.06. The number of hydrogen-bond acceptors (Lipinski definition) is 3. The van der Waals surface area contributed by atoms with Crippen LogP contribution in [0.1, 0.15) is 24.3 Å². The molecule has 1 aliphatic carbocycles. The topological polar surface area (TPSA) is 38.7 Å². The molecule has 0 radical (unpaired) electrons. The van der Waals surface area contributed by atoms with Crippen LogP contribution in [0.5, 0.6) is 11.5 Å². The van der Waals surface area contributed by atoms with Gasteiger partial charge < -0.3 is 14.6 Å². The minimum atomic E-state index is -0.147. The normalized spacial score (nSPS) is 24.5. The molecule has 1 saturated carbocycles. The third-order valence-electron chi connectivity index (χ3n) is 2.99. The summed E-state index contributed by atoms with van der Waals surface area (Å²) < 4.78 is 10.5. The lowest BCUT2D eigenvalue weighted by Gasteiger charge is -2.32. The van der Waals surface area contributed by atoms with E-state index >= 15 is 0 Å². The summed E-state index contributed by atoms with van der Waals surface area (Å²) in [6, 6.07) is 5.80. The van der Waals surface area contributed by atoms with Crippen LogP contribution in [-0.4, -0.2) is 25.4 Å². The van der Waals surface area contributed by atoms with Crippen molar-refractivity contribution in [3.05, 3.63) is 23.8 Å². The second-order valence-corrected chi connectivity index (χ2v) is 3.93. The summed E-state index contributed by atoms with van der Waals surface area (Å²) in [4.78, 5) is 0. The predicted molar refractivity (Wildman–Crippen MR) is 57.5 cm³/mol. The van der Waals surface area contributed by atoms with Crippen molar-refractivity contribution in [2.75, 3.05) is 14.2 Å². The minimum absolute atomic E-state index is 0.147. The summed E-state index contributed by atoms with van der Waals surface area (Å²) in [6.07, 6.45) is 1.50. The summed E-state index contributed by atoms with van der Waals surface area (Å²) in [5.41, 5.74) is 1.14. The van der Waals surface area contributed by atoms with E-state index in [1.165, 1.54) is 0 Å². The Morgan fingerprint density at radius 3 is 2.47 bits per heavy atom. The molecule has 1 aliphatic rings. The molecular weight excluding hydrogens is 192 g/mol. The number of aliphatic hydroxyl groups excluding tert-OH is 1. The minimum Gasteiger partial charge on any atom is -0.497 e. The van der Waals surface area contributed by atoms with Crippen molar-refractivity contribution < 1.29 is 14.6 Å². The Morgan fingerprint density at radius 2 is 1.93 bits per heavy atom. The highest BCUT2D eigenvalue weighted by Crippen LogP contribution is 2.42. The van der Waals surface area contributed by atoms with Gasteiger partial charge in [0.1, 0.15) is 11.5 Å². The molecule has 1 aromatic rings. The number of rotatable bonds is 3. The first-order chi connectivity index (χ1) is 7.24. The van der Waals surface area contributed by atoms with Gasteiger partial charge in [0.15, 0.2) is 0 Å². The van der Waals surface area contributed by atoms with Crippen molar-refractivity contribution in [3.63, 3.8) is 0 Å². The molecule has 3 heteroatoms. The molecule has 3 nitrogen and oxygen atoms in total. The van der Waals surface area contributed by atoms with Crippen LogP contribution in [0.3, 0.4) is 0 Å². The maximum Gasteiger partial charge on any atom is 0.122 e. The standard InChI is InChI=1S/C12H16O3/c1-14-10-3-4-12(15-2)11(7-10)8-5-9(13)6-8/h3-4,7-9,13H,5-6H2,1-2H3. The van der Waals surface area contributed by atoms with E-state index in [1.54, 1.807) is 14.2 Å². The maximum absolute atomic E-state index is 9.30. The van der Waals surface area contributed by atoms with E-state index in [1.807, 2.05) is 18.2 Å². The first-order valence-electron chi connectivity index (χ1n) is 5.14. The molecule has 0 aliphatic heterocycles. The largest absolute Gasteiger partial charge is 0.497 e. The van der Waals surface area contributed by atoms with E-state index in [0.717, 1.165) is 29.9 Å². The molecule has 0 unspecified atom stereocenters. The van der Waals surface area contributed by atoms with Gasteiger partial charge in [-0.1, -0.05) is 0 Å². The molecule has 0 spiro atoms. The molecule has 1 N–H and O–H groups in total. The van der Waals surface area contributed by atoms with Crippen LogP contribution >= 0.6 is 0 Å². The molecular formula is C12H16O3. The van der Waals surface area contributed by atoms with Gasteiger partial charge in [-0.15, -0.1) is 0 Å². The fourth-order valence-electron chi connectivity index (χ4n) is 2.00. The Kier molecular flexibility index (Phi) is 2.82. The molecule has 1 aromatic carbocycles. The van der Waals surface area contributed by atoms with Gasteiger partial charge in [0, 0.05) is 5.56 Å². The summed E-state index contributed by atoms with van der Waals surface area (Å²) in [7, 11) is 3.32. The highest BCUT2D eigenvalue weighted by Gasteiger charge is 2.30. The van der Waals surface area contributed by atoms with Crippen molar-refractivity contribution >= 4 is 0 Å². The second-order valence-electron chi connectivity index (χ2n) is 3.93. The summed E-state index contributed by atoms with van der Waals surface area (Å²) in [6.45, 7) is 0. The van der Waals surface area contributed by atoms with E-state index < -0.39 is 0 Å². The Morgan fingerprint density at radius 1 is 1.20 bits per heavy atom. The fourth-order valence-corrected chi connectivity index (χ4v) is 2.00. The van der Waals surface area contributed by atoms with Crippen molar-refractivity contribution in [1.82, 2.24) is 0 Å². The highest BCUT2D eigenvalue weighted by atomic mass is 16.5. The van der Waals surface area contributed by atoms with E-state index in [0.29, 0.717) is 5.92 Å². The van der Waals surface area contributed by atoms with E-state index in [-0.39, 0.29) is 6.10 Å². The Balaban J connectivity index is 2.26. The van der Waals surface area contributed by atoms with Crippen molar-refractivity contribution in [1.29, 1.82) is 0 Å². The van der Waals surface area contributed by atoms with Gasteiger partial charge in [-0.25, -0.2) is 0 Å². The van der Waals surface area contributed by atoms with Crippen LogP contribution in [0.15, 0.2) is 18.2 Å². The van der Waals surface area contributed by atoms with Crippen LogP contribution in [0, 0.1) is 0 Å². The smallest absolute Gasteiger partial charge is 0.122 e. The fraction of sp³-hybridized carbons (Fsp3) is 0.500. The Labute approximate surface area is 89.6 Å². The lowest BCUT2D eigenvalue weighted by molar-refractivity contribution is 0.0737. The third kappa shape index (κ3) is 1.92. The van der Waals surface area contributed by atoms with Crippen LogP contribution in [0.2, 0.25) is 0 Å².